The number of halogens is 1. The molecule has 0 amide bonds. The number of ether oxygens (including phenoxy) is 1. The summed E-state index contributed by atoms with van der Waals surface area (Å²) < 4.78 is 11.6. The molecule has 0 atom stereocenters. The van der Waals surface area contributed by atoms with E-state index in [1.54, 1.807) is 6.08 Å². The van der Waals surface area contributed by atoms with Crippen molar-refractivity contribution in [2.75, 3.05) is 6.61 Å². The first-order valence-electron chi connectivity index (χ1n) is 6.42. The average molecular weight is 347 g/mol. The van der Waals surface area contributed by atoms with Crippen LogP contribution in [0.5, 0.6) is 0 Å². The van der Waals surface area contributed by atoms with Crippen LogP contribution >= 0.6 is 15.9 Å². The summed E-state index contributed by atoms with van der Waals surface area (Å²) in [5, 5.41) is 0. The van der Waals surface area contributed by atoms with Gasteiger partial charge < -0.3 is 9.15 Å². The van der Waals surface area contributed by atoms with E-state index >= 15 is 0 Å². The highest BCUT2D eigenvalue weighted by atomic mass is 79.9. The van der Waals surface area contributed by atoms with Crippen LogP contribution < -0.4 is 0 Å². The monoisotopic (exact) mass is 346 g/mol. The molecule has 0 spiro atoms. The molecule has 0 fully saturated rings. The third-order valence-electron chi connectivity index (χ3n) is 2.81. The molecule has 1 heterocycles. The molecule has 1 aromatic heterocycles. The Morgan fingerprint density at radius 3 is 2.90 bits per heavy atom. The van der Waals surface area contributed by atoms with Crippen molar-refractivity contribution in [1.82, 2.24) is 0 Å². The quantitative estimate of drug-likeness (QED) is 0.445. The number of benzene rings is 1. The first-order chi connectivity index (χ1) is 10.1. The minimum Gasteiger partial charge on any atom is -0.458 e. The number of esters is 1. The van der Waals surface area contributed by atoms with Gasteiger partial charge in [0.15, 0.2) is 0 Å². The van der Waals surface area contributed by atoms with Gasteiger partial charge >= 0.3 is 5.97 Å². The molecule has 1 aromatic carbocycles. The molecule has 0 saturated carbocycles. The molecule has 3 nitrogen and oxygen atoms in total. The Labute approximate surface area is 132 Å². The lowest BCUT2D eigenvalue weighted by Gasteiger charge is -2.02. The normalized spacial score (nSPS) is 10.8. The van der Waals surface area contributed by atoms with Gasteiger partial charge in [0.1, 0.15) is 18.1 Å². The summed E-state index contributed by atoms with van der Waals surface area (Å²) in [7, 11) is 0. The number of furan rings is 1. The first-order valence-corrected chi connectivity index (χ1v) is 7.21. The minimum atomic E-state index is -0.423. The van der Waals surface area contributed by atoms with E-state index in [-0.39, 0.29) is 6.61 Å². The zero-order chi connectivity index (χ0) is 15.2. The second kappa shape index (κ2) is 7.09. The van der Waals surface area contributed by atoms with Gasteiger partial charge in [0.2, 0.25) is 0 Å². The molecule has 0 saturated heterocycles. The lowest BCUT2D eigenvalue weighted by molar-refractivity contribution is -0.136. The van der Waals surface area contributed by atoms with Gasteiger partial charge in [-0.05, 0) is 48.9 Å². The maximum absolute atomic E-state index is 11.3. The fourth-order valence-electron chi connectivity index (χ4n) is 1.83. The van der Waals surface area contributed by atoms with Crippen LogP contribution in [0.2, 0.25) is 0 Å². The number of carbonyl (C=O) groups excluding carboxylic acids is 1. The van der Waals surface area contributed by atoms with E-state index in [9.17, 15) is 4.79 Å². The van der Waals surface area contributed by atoms with Gasteiger partial charge in [0.25, 0.3) is 0 Å². The molecule has 2 aromatic rings. The number of rotatable bonds is 5. The van der Waals surface area contributed by atoms with E-state index in [1.165, 1.54) is 12.2 Å². The summed E-state index contributed by atoms with van der Waals surface area (Å²) in [4.78, 5) is 11.3. The second-order valence-corrected chi connectivity index (χ2v) is 5.33. The summed E-state index contributed by atoms with van der Waals surface area (Å²) in [6.07, 6.45) is 4.44. The number of aryl methyl sites for hydroxylation is 1. The zero-order valence-electron chi connectivity index (χ0n) is 11.6. The van der Waals surface area contributed by atoms with E-state index in [0.29, 0.717) is 5.76 Å². The fourth-order valence-corrected chi connectivity index (χ4v) is 2.31. The van der Waals surface area contributed by atoms with Crippen LogP contribution in [0.4, 0.5) is 0 Å². The summed E-state index contributed by atoms with van der Waals surface area (Å²) in [5.41, 5.74) is 2.13. The third kappa shape index (κ3) is 4.20. The van der Waals surface area contributed by atoms with Crippen LogP contribution in [0.15, 0.2) is 58.0 Å². The predicted molar refractivity (Wildman–Crippen MR) is 86.8 cm³/mol. The molecule has 108 valence electrons. The molecule has 0 bridgehead atoms. The third-order valence-corrected chi connectivity index (χ3v) is 3.30. The van der Waals surface area contributed by atoms with Crippen LogP contribution in [0.25, 0.3) is 17.4 Å². The smallest absolute Gasteiger partial charge is 0.331 e. The van der Waals surface area contributed by atoms with Gasteiger partial charge in [0.05, 0.1) is 0 Å². The molecule has 21 heavy (non-hydrogen) atoms. The molecular weight excluding hydrogens is 332 g/mol. The Morgan fingerprint density at radius 2 is 2.19 bits per heavy atom. The Balaban J connectivity index is 2.12. The molecule has 0 aliphatic rings. The maximum atomic E-state index is 11.3. The highest BCUT2D eigenvalue weighted by molar-refractivity contribution is 9.10. The molecule has 2 rings (SSSR count). The van der Waals surface area contributed by atoms with Crippen LogP contribution in [-0.4, -0.2) is 12.6 Å². The van der Waals surface area contributed by atoms with Crippen molar-refractivity contribution in [3.05, 3.63) is 64.9 Å². The van der Waals surface area contributed by atoms with Gasteiger partial charge in [0, 0.05) is 16.1 Å². The van der Waals surface area contributed by atoms with Gasteiger partial charge in [-0.2, -0.15) is 0 Å². The zero-order valence-corrected chi connectivity index (χ0v) is 13.2. The highest BCUT2D eigenvalue weighted by Gasteiger charge is 2.07. The van der Waals surface area contributed by atoms with Crippen molar-refractivity contribution in [2.24, 2.45) is 0 Å². The largest absolute Gasteiger partial charge is 0.458 e. The van der Waals surface area contributed by atoms with Crippen LogP contribution in [0.1, 0.15) is 11.3 Å². The number of carbonyl (C=O) groups is 1. The van der Waals surface area contributed by atoms with Crippen molar-refractivity contribution in [3.8, 4) is 11.3 Å². The standard InChI is InChI=1S/C17H15BrO3/c1-3-10-20-17(19)9-6-14-5-8-16(21-14)15-7-4-13(18)11-12(15)2/h3-9,11H,1,10H2,2H3/b9-6+. The summed E-state index contributed by atoms with van der Waals surface area (Å²) in [5.74, 6) is 0.939. The molecule has 0 unspecified atom stereocenters. The van der Waals surface area contributed by atoms with Gasteiger partial charge in [-0.15, -0.1) is 0 Å². The Bertz CT molecular complexity index is 683. The predicted octanol–water partition coefficient (Wildman–Crippen LogP) is 4.76. The van der Waals surface area contributed by atoms with Crippen molar-refractivity contribution in [3.63, 3.8) is 0 Å². The lowest BCUT2D eigenvalue weighted by Crippen LogP contribution is -1.99. The fraction of sp³-hybridized carbons (Fsp3) is 0.118. The van der Waals surface area contributed by atoms with Crippen molar-refractivity contribution < 1.29 is 13.9 Å². The van der Waals surface area contributed by atoms with E-state index in [1.807, 2.05) is 37.3 Å². The van der Waals surface area contributed by atoms with E-state index < -0.39 is 5.97 Å². The van der Waals surface area contributed by atoms with Crippen LogP contribution in [0.3, 0.4) is 0 Å². The van der Waals surface area contributed by atoms with Crippen molar-refractivity contribution >= 4 is 28.0 Å². The second-order valence-electron chi connectivity index (χ2n) is 4.41. The molecule has 0 N–H and O–H groups in total. The lowest BCUT2D eigenvalue weighted by atomic mass is 10.1. The summed E-state index contributed by atoms with van der Waals surface area (Å²) >= 11 is 3.44. The van der Waals surface area contributed by atoms with Crippen LogP contribution in [-0.2, 0) is 9.53 Å². The van der Waals surface area contributed by atoms with Gasteiger partial charge in [-0.25, -0.2) is 4.79 Å². The molecule has 4 heteroatoms. The Kier molecular flexibility index (Phi) is 5.17. The average Bonchev–Trinajstić information content (AvgIpc) is 2.91. The van der Waals surface area contributed by atoms with Gasteiger partial charge in [-0.3, -0.25) is 0 Å². The van der Waals surface area contributed by atoms with Gasteiger partial charge in [-0.1, -0.05) is 28.6 Å². The van der Waals surface area contributed by atoms with E-state index in [0.717, 1.165) is 21.4 Å². The van der Waals surface area contributed by atoms with Crippen LogP contribution in [0, 0.1) is 6.92 Å². The summed E-state index contributed by atoms with van der Waals surface area (Å²) in [6, 6.07) is 9.68. The first kappa shape index (κ1) is 15.3. The number of hydrogen-bond donors (Lipinski definition) is 0. The topological polar surface area (TPSA) is 39.4 Å². The number of hydrogen-bond acceptors (Lipinski definition) is 3. The molecular formula is C17H15BrO3. The van der Waals surface area contributed by atoms with E-state index in [4.69, 9.17) is 9.15 Å². The SMILES string of the molecule is C=CCOC(=O)/C=C/c1ccc(-c2ccc(Br)cc2C)o1. The Hall–Kier alpha value is -2.07. The van der Waals surface area contributed by atoms with Crippen molar-refractivity contribution in [1.29, 1.82) is 0 Å². The maximum Gasteiger partial charge on any atom is 0.331 e. The van der Waals surface area contributed by atoms with E-state index in [2.05, 4.69) is 22.5 Å². The highest BCUT2D eigenvalue weighted by Crippen LogP contribution is 2.28. The van der Waals surface area contributed by atoms with Crippen molar-refractivity contribution in [2.45, 2.75) is 6.92 Å². The summed E-state index contributed by atoms with van der Waals surface area (Å²) in [6.45, 7) is 5.70. The Morgan fingerprint density at radius 1 is 1.38 bits per heavy atom. The molecule has 0 aliphatic heterocycles. The molecule has 0 aliphatic carbocycles. The minimum absolute atomic E-state index is 0.199. The molecule has 0 radical (unpaired) electrons.